The molecule has 0 saturated carbocycles. The zero-order chi connectivity index (χ0) is 14.7. The number of aromatic nitrogens is 4. The SMILES string of the molecule is O=C(Nc1cccnc1Cl)c1cn(C2CCNCC2)nn1. The molecule has 3 rings (SSSR count). The van der Waals surface area contributed by atoms with Crippen molar-refractivity contribution in [2.24, 2.45) is 0 Å². The van der Waals surface area contributed by atoms with Gasteiger partial charge in [0.25, 0.3) is 5.91 Å². The van der Waals surface area contributed by atoms with Gasteiger partial charge in [-0.25, -0.2) is 9.67 Å². The number of carbonyl (C=O) groups excluding carboxylic acids is 1. The van der Waals surface area contributed by atoms with Crippen molar-refractivity contribution >= 4 is 23.2 Å². The van der Waals surface area contributed by atoms with Crippen LogP contribution in [0, 0.1) is 0 Å². The van der Waals surface area contributed by atoms with Crippen molar-refractivity contribution < 1.29 is 4.79 Å². The molecule has 0 bridgehead atoms. The smallest absolute Gasteiger partial charge is 0.277 e. The van der Waals surface area contributed by atoms with Crippen molar-refractivity contribution in [1.29, 1.82) is 0 Å². The third-order valence-electron chi connectivity index (χ3n) is 3.43. The zero-order valence-electron chi connectivity index (χ0n) is 11.3. The number of nitrogens with zero attached hydrogens (tertiary/aromatic N) is 4. The second-order valence-electron chi connectivity index (χ2n) is 4.86. The van der Waals surface area contributed by atoms with Gasteiger partial charge in [-0.3, -0.25) is 4.79 Å². The molecule has 0 aromatic carbocycles. The fourth-order valence-electron chi connectivity index (χ4n) is 2.30. The van der Waals surface area contributed by atoms with Crippen LogP contribution in [-0.2, 0) is 0 Å². The molecule has 110 valence electrons. The Kier molecular flexibility index (Phi) is 4.12. The Hall–Kier alpha value is -1.99. The largest absolute Gasteiger partial charge is 0.318 e. The van der Waals surface area contributed by atoms with E-state index in [4.69, 9.17) is 11.6 Å². The van der Waals surface area contributed by atoms with Crippen LogP contribution in [0.25, 0.3) is 0 Å². The van der Waals surface area contributed by atoms with Gasteiger partial charge in [0.15, 0.2) is 10.8 Å². The molecule has 0 aliphatic carbocycles. The van der Waals surface area contributed by atoms with E-state index in [1.54, 1.807) is 29.2 Å². The van der Waals surface area contributed by atoms with Crippen LogP contribution in [0.5, 0.6) is 0 Å². The van der Waals surface area contributed by atoms with E-state index in [9.17, 15) is 4.79 Å². The molecule has 1 saturated heterocycles. The second-order valence-corrected chi connectivity index (χ2v) is 5.22. The predicted octanol–water partition coefficient (Wildman–Crippen LogP) is 1.50. The molecule has 3 heterocycles. The molecule has 2 aromatic rings. The minimum atomic E-state index is -0.343. The van der Waals surface area contributed by atoms with Crippen molar-refractivity contribution in [2.75, 3.05) is 18.4 Å². The Bertz CT molecular complexity index is 637. The van der Waals surface area contributed by atoms with Crippen molar-refractivity contribution in [2.45, 2.75) is 18.9 Å². The zero-order valence-corrected chi connectivity index (χ0v) is 12.0. The summed E-state index contributed by atoms with van der Waals surface area (Å²) in [5.41, 5.74) is 0.731. The fourth-order valence-corrected chi connectivity index (χ4v) is 2.46. The highest BCUT2D eigenvalue weighted by Crippen LogP contribution is 2.19. The molecule has 2 aromatic heterocycles. The number of hydrogen-bond acceptors (Lipinski definition) is 5. The maximum Gasteiger partial charge on any atom is 0.277 e. The third-order valence-corrected chi connectivity index (χ3v) is 3.73. The van der Waals surface area contributed by atoms with Gasteiger partial charge in [0, 0.05) is 6.20 Å². The minimum Gasteiger partial charge on any atom is -0.318 e. The number of amides is 1. The van der Waals surface area contributed by atoms with Crippen molar-refractivity contribution in [3.05, 3.63) is 35.4 Å². The highest BCUT2D eigenvalue weighted by atomic mass is 35.5. The normalized spacial score (nSPS) is 15.9. The molecule has 7 nitrogen and oxygen atoms in total. The van der Waals surface area contributed by atoms with E-state index < -0.39 is 0 Å². The van der Waals surface area contributed by atoms with Gasteiger partial charge in [0.1, 0.15) is 0 Å². The van der Waals surface area contributed by atoms with E-state index in [0.29, 0.717) is 11.7 Å². The van der Waals surface area contributed by atoms with E-state index >= 15 is 0 Å². The van der Waals surface area contributed by atoms with Gasteiger partial charge in [-0.05, 0) is 38.1 Å². The first-order chi connectivity index (χ1) is 10.2. The lowest BCUT2D eigenvalue weighted by Gasteiger charge is -2.22. The Morgan fingerprint density at radius 2 is 2.24 bits per heavy atom. The highest BCUT2D eigenvalue weighted by Gasteiger charge is 2.19. The fraction of sp³-hybridized carbons (Fsp3) is 0.385. The lowest BCUT2D eigenvalue weighted by Crippen LogP contribution is -2.29. The molecule has 21 heavy (non-hydrogen) atoms. The summed E-state index contributed by atoms with van der Waals surface area (Å²) in [5.74, 6) is -0.343. The Morgan fingerprint density at radius 3 is 3.00 bits per heavy atom. The number of rotatable bonds is 3. The van der Waals surface area contributed by atoms with Gasteiger partial charge in [-0.2, -0.15) is 0 Å². The molecule has 8 heteroatoms. The minimum absolute atomic E-state index is 0.247. The lowest BCUT2D eigenvalue weighted by molar-refractivity contribution is 0.102. The maximum atomic E-state index is 12.1. The number of pyridine rings is 1. The van der Waals surface area contributed by atoms with Crippen LogP contribution in [0.1, 0.15) is 29.4 Å². The Labute approximate surface area is 126 Å². The van der Waals surface area contributed by atoms with E-state index in [-0.39, 0.29) is 16.8 Å². The first-order valence-corrected chi connectivity index (χ1v) is 7.16. The van der Waals surface area contributed by atoms with Gasteiger partial charge in [0.05, 0.1) is 17.9 Å². The van der Waals surface area contributed by atoms with Crippen LogP contribution in [0.2, 0.25) is 5.15 Å². The van der Waals surface area contributed by atoms with Gasteiger partial charge < -0.3 is 10.6 Å². The van der Waals surface area contributed by atoms with Crippen LogP contribution in [-0.4, -0.2) is 39.0 Å². The molecule has 1 fully saturated rings. The molecular weight excluding hydrogens is 292 g/mol. The summed E-state index contributed by atoms with van der Waals surface area (Å²) in [7, 11) is 0. The predicted molar refractivity (Wildman–Crippen MR) is 78.4 cm³/mol. The number of anilines is 1. The number of halogens is 1. The van der Waals surface area contributed by atoms with Crippen molar-refractivity contribution in [3.8, 4) is 0 Å². The van der Waals surface area contributed by atoms with Gasteiger partial charge in [0.2, 0.25) is 0 Å². The molecule has 0 unspecified atom stereocenters. The number of nitrogens with one attached hydrogen (secondary N) is 2. The van der Waals surface area contributed by atoms with Crippen molar-refractivity contribution in [3.63, 3.8) is 0 Å². The first-order valence-electron chi connectivity index (χ1n) is 6.78. The standard InChI is InChI=1S/C13H15ClN6O/c14-12-10(2-1-5-16-12)17-13(21)11-8-20(19-18-11)9-3-6-15-7-4-9/h1-2,5,8-9,15H,3-4,6-7H2,(H,17,21). The van der Waals surface area contributed by atoms with Crippen LogP contribution in [0.15, 0.2) is 24.5 Å². The summed E-state index contributed by atoms with van der Waals surface area (Å²) in [5, 5.41) is 14.2. The average Bonchev–Trinajstić information content (AvgIpc) is 3.00. The highest BCUT2D eigenvalue weighted by molar-refractivity contribution is 6.32. The molecule has 1 amide bonds. The quantitative estimate of drug-likeness (QED) is 0.840. The first kappa shape index (κ1) is 14.0. The van der Waals surface area contributed by atoms with Gasteiger partial charge in [-0.15, -0.1) is 5.10 Å². The van der Waals surface area contributed by atoms with Crippen LogP contribution in [0.4, 0.5) is 5.69 Å². The lowest BCUT2D eigenvalue weighted by atomic mass is 10.1. The second kappa shape index (κ2) is 6.19. The maximum absolute atomic E-state index is 12.1. The Balaban J connectivity index is 1.71. The molecule has 0 atom stereocenters. The van der Waals surface area contributed by atoms with E-state index in [0.717, 1.165) is 25.9 Å². The van der Waals surface area contributed by atoms with Crippen LogP contribution >= 0.6 is 11.6 Å². The van der Waals surface area contributed by atoms with Crippen LogP contribution in [0.3, 0.4) is 0 Å². The Morgan fingerprint density at radius 1 is 1.43 bits per heavy atom. The van der Waals surface area contributed by atoms with Crippen molar-refractivity contribution in [1.82, 2.24) is 25.3 Å². The van der Waals surface area contributed by atoms with E-state index in [1.807, 2.05) is 0 Å². The summed E-state index contributed by atoms with van der Waals surface area (Å²) in [4.78, 5) is 16.0. The summed E-state index contributed by atoms with van der Waals surface area (Å²) >= 11 is 5.91. The van der Waals surface area contributed by atoms with Crippen LogP contribution < -0.4 is 10.6 Å². The summed E-state index contributed by atoms with van der Waals surface area (Å²) in [6.45, 7) is 1.91. The summed E-state index contributed by atoms with van der Waals surface area (Å²) in [6, 6.07) is 3.68. The average molecular weight is 307 g/mol. The number of piperidine rings is 1. The van der Waals surface area contributed by atoms with Gasteiger partial charge >= 0.3 is 0 Å². The summed E-state index contributed by atoms with van der Waals surface area (Å²) in [6.07, 6.45) is 5.21. The van der Waals surface area contributed by atoms with Gasteiger partial charge in [-0.1, -0.05) is 16.8 Å². The number of hydrogen-bond donors (Lipinski definition) is 2. The number of carbonyl (C=O) groups is 1. The summed E-state index contributed by atoms with van der Waals surface area (Å²) < 4.78 is 1.76. The molecule has 2 N–H and O–H groups in total. The molecule has 1 aliphatic rings. The topological polar surface area (TPSA) is 84.7 Å². The molecular formula is C13H15ClN6O. The van der Waals surface area contributed by atoms with E-state index in [2.05, 4.69) is 25.9 Å². The monoisotopic (exact) mass is 306 g/mol. The third kappa shape index (κ3) is 3.20. The van der Waals surface area contributed by atoms with E-state index in [1.165, 1.54) is 0 Å². The molecule has 1 aliphatic heterocycles. The molecule has 0 spiro atoms. The molecule has 0 radical (unpaired) electrons.